The van der Waals surface area contributed by atoms with Gasteiger partial charge in [-0.1, -0.05) is 6.92 Å². The zero-order valence-corrected chi connectivity index (χ0v) is 9.55. The monoisotopic (exact) mass is 220 g/mol. The fraction of sp³-hybridized carbons (Fsp3) is 0.417. The molecule has 0 aromatic carbocycles. The Hall–Kier alpha value is -1.55. The molecule has 0 aliphatic carbocycles. The molecule has 0 aliphatic heterocycles. The van der Waals surface area contributed by atoms with Crippen molar-refractivity contribution in [2.45, 2.75) is 32.9 Å². The Morgan fingerprint density at radius 2 is 2.25 bits per heavy atom. The molecule has 0 spiro atoms. The molecule has 1 unspecified atom stereocenters. The third-order valence-electron chi connectivity index (χ3n) is 2.50. The molecule has 86 valence electrons. The van der Waals surface area contributed by atoms with Gasteiger partial charge in [-0.3, -0.25) is 4.68 Å². The molecule has 0 amide bonds. The Morgan fingerprint density at radius 1 is 1.44 bits per heavy atom. The molecule has 0 radical (unpaired) electrons. The van der Waals surface area contributed by atoms with Crippen LogP contribution in [0.15, 0.2) is 28.8 Å². The second-order valence-electron chi connectivity index (χ2n) is 3.83. The van der Waals surface area contributed by atoms with Crippen LogP contribution in [0.5, 0.6) is 0 Å². The van der Waals surface area contributed by atoms with E-state index >= 15 is 0 Å². The SMILES string of the molecule is CCCn1nccc1C(O)c1ccc(C)o1. The number of rotatable bonds is 4. The molecule has 2 heterocycles. The zero-order valence-electron chi connectivity index (χ0n) is 9.55. The van der Waals surface area contributed by atoms with Crippen molar-refractivity contribution in [3.8, 4) is 0 Å². The van der Waals surface area contributed by atoms with Gasteiger partial charge in [-0.2, -0.15) is 5.10 Å². The van der Waals surface area contributed by atoms with Crippen LogP contribution in [0.25, 0.3) is 0 Å². The first-order valence-corrected chi connectivity index (χ1v) is 5.48. The van der Waals surface area contributed by atoms with E-state index < -0.39 is 6.10 Å². The van der Waals surface area contributed by atoms with Crippen LogP contribution in [-0.4, -0.2) is 14.9 Å². The Bertz CT molecular complexity index is 459. The largest absolute Gasteiger partial charge is 0.463 e. The Kier molecular flexibility index (Phi) is 3.10. The first kappa shape index (κ1) is 11.0. The van der Waals surface area contributed by atoms with Gasteiger partial charge in [0.25, 0.3) is 0 Å². The number of hydrogen-bond donors (Lipinski definition) is 1. The molecule has 0 saturated carbocycles. The predicted octanol–water partition coefficient (Wildman–Crippen LogP) is 2.28. The summed E-state index contributed by atoms with van der Waals surface area (Å²) in [5, 5.41) is 14.3. The number of aryl methyl sites for hydroxylation is 2. The summed E-state index contributed by atoms with van der Waals surface area (Å²) in [4.78, 5) is 0. The minimum Gasteiger partial charge on any atom is -0.463 e. The van der Waals surface area contributed by atoms with E-state index in [1.807, 2.05) is 23.7 Å². The summed E-state index contributed by atoms with van der Waals surface area (Å²) in [6.45, 7) is 4.74. The first-order valence-electron chi connectivity index (χ1n) is 5.48. The number of furan rings is 1. The molecule has 1 N–H and O–H groups in total. The van der Waals surface area contributed by atoms with Gasteiger partial charge in [0, 0.05) is 12.7 Å². The van der Waals surface area contributed by atoms with E-state index in [0.717, 1.165) is 24.4 Å². The van der Waals surface area contributed by atoms with Gasteiger partial charge in [-0.05, 0) is 31.5 Å². The molecule has 0 fully saturated rings. The fourth-order valence-corrected chi connectivity index (χ4v) is 1.72. The van der Waals surface area contributed by atoms with Crippen molar-refractivity contribution in [3.63, 3.8) is 0 Å². The van der Waals surface area contributed by atoms with E-state index in [1.165, 1.54) is 0 Å². The van der Waals surface area contributed by atoms with Crippen molar-refractivity contribution in [2.24, 2.45) is 0 Å². The average molecular weight is 220 g/mol. The summed E-state index contributed by atoms with van der Waals surface area (Å²) in [5.74, 6) is 1.37. The number of aromatic nitrogens is 2. The van der Waals surface area contributed by atoms with E-state index in [4.69, 9.17) is 4.42 Å². The van der Waals surface area contributed by atoms with Crippen molar-refractivity contribution in [2.75, 3.05) is 0 Å². The molecule has 16 heavy (non-hydrogen) atoms. The van der Waals surface area contributed by atoms with Crippen LogP contribution in [0.2, 0.25) is 0 Å². The first-order chi connectivity index (χ1) is 7.72. The standard InChI is InChI=1S/C12H16N2O2/c1-3-8-14-10(6-7-13-14)12(15)11-5-4-9(2)16-11/h4-7,12,15H,3,8H2,1-2H3. The van der Waals surface area contributed by atoms with Gasteiger partial charge in [-0.15, -0.1) is 0 Å². The van der Waals surface area contributed by atoms with Crippen LogP contribution in [0.4, 0.5) is 0 Å². The molecule has 2 aromatic heterocycles. The number of aliphatic hydroxyl groups is 1. The lowest BCUT2D eigenvalue weighted by atomic mass is 10.2. The molecule has 4 nitrogen and oxygen atoms in total. The maximum atomic E-state index is 10.1. The summed E-state index contributed by atoms with van der Waals surface area (Å²) in [7, 11) is 0. The van der Waals surface area contributed by atoms with Crippen LogP contribution in [0.3, 0.4) is 0 Å². The van der Waals surface area contributed by atoms with Crippen molar-refractivity contribution >= 4 is 0 Å². The number of nitrogens with zero attached hydrogens (tertiary/aromatic N) is 2. The molecule has 0 bridgehead atoms. The molecule has 0 saturated heterocycles. The third-order valence-corrected chi connectivity index (χ3v) is 2.50. The lowest BCUT2D eigenvalue weighted by Crippen LogP contribution is -2.09. The van der Waals surface area contributed by atoms with Crippen LogP contribution in [0, 0.1) is 6.92 Å². The molecular weight excluding hydrogens is 204 g/mol. The third kappa shape index (κ3) is 2.02. The van der Waals surface area contributed by atoms with Crippen molar-refractivity contribution in [1.29, 1.82) is 0 Å². The van der Waals surface area contributed by atoms with Crippen LogP contribution in [0.1, 0.15) is 36.7 Å². The van der Waals surface area contributed by atoms with Gasteiger partial charge >= 0.3 is 0 Å². The van der Waals surface area contributed by atoms with Crippen LogP contribution < -0.4 is 0 Å². The normalized spacial score (nSPS) is 12.9. The lowest BCUT2D eigenvalue weighted by molar-refractivity contribution is 0.176. The highest BCUT2D eigenvalue weighted by molar-refractivity contribution is 5.18. The van der Waals surface area contributed by atoms with Gasteiger partial charge in [-0.25, -0.2) is 0 Å². The van der Waals surface area contributed by atoms with Gasteiger partial charge in [0.2, 0.25) is 0 Å². The molecule has 4 heteroatoms. The summed E-state index contributed by atoms with van der Waals surface area (Å²) in [5.41, 5.74) is 0.774. The predicted molar refractivity (Wildman–Crippen MR) is 60.0 cm³/mol. The number of aliphatic hydroxyl groups excluding tert-OH is 1. The van der Waals surface area contributed by atoms with Crippen molar-refractivity contribution in [3.05, 3.63) is 41.6 Å². The van der Waals surface area contributed by atoms with E-state index in [2.05, 4.69) is 12.0 Å². The second-order valence-corrected chi connectivity index (χ2v) is 3.83. The highest BCUT2D eigenvalue weighted by Gasteiger charge is 2.17. The smallest absolute Gasteiger partial charge is 0.153 e. The van der Waals surface area contributed by atoms with Gasteiger partial charge < -0.3 is 9.52 Å². The maximum Gasteiger partial charge on any atom is 0.153 e. The molecule has 0 aliphatic rings. The summed E-state index contributed by atoms with van der Waals surface area (Å²) >= 11 is 0. The highest BCUT2D eigenvalue weighted by atomic mass is 16.4. The topological polar surface area (TPSA) is 51.2 Å². The van der Waals surface area contributed by atoms with E-state index in [9.17, 15) is 5.11 Å². The van der Waals surface area contributed by atoms with Crippen LogP contribution in [-0.2, 0) is 6.54 Å². The summed E-state index contributed by atoms with van der Waals surface area (Å²) in [6, 6.07) is 5.46. The summed E-state index contributed by atoms with van der Waals surface area (Å²) < 4.78 is 7.22. The second kappa shape index (κ2) is 4.53. The Morgan fingerprint density at radius 3 is 2.88 bits per heavy atom. The highest BCUT2D eigenvalue weighted by Crippen LogP contribution is 2.23. The van der Waals surface area contributed by atoms with Gasteiger partial charge in [0.05, 0.1) is 5.69 Å². The lowest BCUT2D eigenvalue weighted by Gasteiger charge is -2.10. The van der Waals surface area contributed by atoms with Gasteiger partial charge in [0.1, 0.15) is 11.5 Å². The van der Waals surface area contributed by atoms with E-state index in [0.29, 0.717) is 5.76 Å². The molecular formula is C12H16N2O2. The van der Waals surface area contributed by atoms with Crippen LogP contribution >= 0.6 is 0 Å². The average Bonchev–Trinajstić information content (AvgIpc) is 2.87. The van der Waals surface area contributed by atoms with E-state index in [-0.39, 0.29) is 0 Å². The molecule has 2 rings (SSSR count). The molecule has 2 aromatic rings. The van der Waals surface area contributed by atoms with E-state index in [1.54, 1.807) is 12.3 Å². The molecule has 1 atom stereocenters. The Balaban J connectivity index is 2.26. The minimum atomic E-state index is -0.734. The zero-order chi connectivity index (χ0) is 11.5. The fourth-order valence-electron chi connectivity index (χ4n) is 1.72. The maximum absolute atomic E-state index is 10.1. The van der Waals surface area contributed by atoms with Gasteiger partial charge in [0.15, 0.2) is 6.10 Å². The minimum absolute atomic E-state index is 0.565. The Labute approximate surface area is 94.5 Å². The van der Waals surface area contributed by atoms with Crippen molar-refractivity contribution < 1.29 is 9.52 Å². The van der Waals surface area contributed by atoms with Crippen molar-refractivity contribution in [1.82, 2.24) is 9.78 Å². The number of hydrogen-bond acceptors (Lipinski definition) is 3. The summed E-state index contributed by atoms with van der Waals surface area (Å²) in [6.07, 6.45) is 1.95. The quantitative estimate of drug-likeness (QED) is 0.860.